The third kappa shape index (κ3) is 4.16. The summed E-state index contributed by atoms with van der Waals surface area (Å²) >= 11 is 0. The number of fused-ring (bicyclic) bond motifs is 1. The van der Waals surface area contributed by atoms with Crippen molar-refractivity contribution >= 4 is 27.3 Å². The highest BCUT2D eigenvalue weighted by atomic mass is 32.2. The van der Waals surface area contributed by atoms with Gasteiger partial charge >= 0.3 is 0 Å². The molecule has 0 saturated heterocycles. The predicted octanol–water partition coefficient (Wildman–Crippen LogP) is 1.95. The molecule has 1 heterocycles. The van der Waals surface area contributed by atoms with Gasteiger partial charge in [-0.15, -0.1) is 0 Å². The van der Waals surface area contributed by atoms with Crippen LogP contribution in [-0.4, -0.2) is 33.7 Å². The summed E-state index contributed by atoms with van der Waals surface area (Å²) in [5, 5.41) is 2.91. The SMILES string of the molecule is CS(=O)(=O)N1CCCc2cc(C(=O)NCCc3ccc(N)cc3)ccc21. The molecule has 2 aromatic carbocycles. The number of sulfonamides is 1. The van der Waals surface area contributed by atoms with Crippen LogP contribution >= 0.6 is 0 Å². The smallest absolute Gasteiger partial charge is 0.251 e. The Morgan fingerprint density at radius 3 is 2.62 bits per heavy atom. The fourth-order valence-electron chi connectivity index (χ4n) is 3.16. The number of aryl methyl sites for hydroxylation is 1. The number of rotatable bonds is 5. The van der Waals surface area contributed by atoms with Gasteiger partial charge in [-0.05, 0) is 60.7 Å². The Kier molecular flexibility index (Phi) is 5.18. The summed E-state index contributed by atoms with van der Waals surface area (Å²) in [6.45, 7) is 1.01. The van der Waals surface area contributed by atoms with Crippen molar-refractivity contribution in [3.05, 3.63) is 59.2 Å². The normalized spacial score (nSPS) is 14.0. The number of hydrogen-bond donors (Lipinski definition) is 2. The first kappa shape index (κ1) is 18.3. The van der Waals surface area contributed by atoms with E-state index in [0.29, 0.717) is 24.3 Å². The first-order chi connectivity index (χ1) is 12.3. The summed E-state index contributed by atoms with van der Waals surface area (Å²) in [5.41, 5.74) is 9.61. The minimum absolute atomic E-state index is 0.153. The second-order valence-corrected chi connectivity index (χ2v) is 8.44. The maximum atomic E-state index is 12.4. The molecule has 1 aliphatic heterocycles. The molecule has 0 atom stereocenters. The topological polar surface area (TPSA) is 92.5 Å². The van der Waals surface area contributed by atoms with Crippen molar-refractivity contribution in [1.82, 2.24) is 5.32 Å². The number of nitrogens with two attached hydrogens (primary N) is 1. The first-order valence-electron chi connectivity index (χ1n) is 8.58. The van der Waals surface area contributed by atoms with E-state index in [2.05, 4.69) is 5.32 Å². The van der Waals surface area contributed by atoms with Gasteiger partial charge in [-0.25, -0.2) is 8.42 Å². The van der Waals surface area contributed by atoms with E-state index >= 15 is 0 Å². The molecular weight excluding hydrogens is 350 g/mol. The number of hydrogen-bond acceptors (Lipinski definition) is 4. The molecule has 3 rings (SSSR count). The molecule has 26 heavy (non-hydrogen) atoms. The van der Waals surface area contributed by atoms with Gasteiger partial charge in [0.1, 0.15) is 0 Å². The fraction of sp³-hybridized carbons (Fsp3) is 0.316. The van der Waals surface area contributed by atoms with Crippen molar-refractivity contribution in [3.63, 3.8) is 0 Å². The van der Waals surface area contributed by atoms with Gasteiger partial charge in [-0.1, -0.05) is 12.1 Å². The summed E-state index contributed by atoms with van der Waals surface area (Å²) in [4.78, 5) is 12.4. The molecule has 1 amide bonds. The molecule has 7 heteroatoms. The largest absolute Gasteiger partial charge is 0.399 e. The quantitative estimate of drug-likeness (QED) is 0.784. The second-order valence-electron chi connectivity index (χ2n) is 6.53. The molecule has 0 aromatic heterocycles. The Bertz CT molecular complexity index is 908. The molecular formula is C19H23N3O3S. The number of amides is 1. The number of nitrogens with one attached hydrogen (secondary N) is 1. The van der Waals surface area contributed by atoms with Gasteiger partial charge in [-0.2, -0.15) is 0 Å². The number of benzene rings is 2. The summed E-state index contributed by atoms with van der Waals surface area (Å²) in [6, 6.07) is 12.8. The summed E-state index contributed by atoms with van der Waals surface area (Å²) in [5.74, 6) is -0.153. The van der Waals surface area contributed by atoms with Gasteiger partial charge < -0.3 is 11.1 Å². The molecule has 0 spiro atoms. The molecule has 138 valence electrons. The minimum atomic E-state index is -3.30. The molecule has 0 saturated carbocycles. The van der Waals surface area contributed by atoms with Crippen LogP contribution in [0.3, 0.4) is 0 Å². The van der Waals surface area contributed by atoms with Gasteiger partial charge in [0.25, 0.3) is 5.91 Å². The highest BCUT2D eigenvalue weighted by molar-refractivity contribution is 7.92. The Morgan fingerprint density at radius 2 is 1.92 bits per heavy atom. The van der Waals surface area contributed by atoms with Gasteiger partial charge in [0.15, 0.2) is 0 Å². The van der Waals surface area contributed by atoms with E-state index in [9.17, 15) is 13.2 Å². The Balaban J connectivity index is 1.66. The van der Waals surface area contributed by atoms with E-state index in [1.54, 1.807) is 18.2 Å². The van der Waals surface area contributed by atoms with E-state index in [-0.39, 0.29) is 5.91 Å². The summed E-state index contributed by atoms with van der Waals surface area (Å²) < 4.78 is 25.2. The van der Waals surface area contributed by atoms with Gasteiger partial charge in [0, 0.05) is 24.3 Å². The van der Waals surface area contributed by atoms with E-state index in [1.165, 1.54) is 10.6 Å². The molecule has 3 N–H and O–H groups in total. The lowest BCUT2D eigenvalue weighted by Gasteiger charge is -2.29. The molecule has 0 bridgehead atoms. The standard InChI is InChI=1S/C19H23N3O3S/c1-26(24,25)22-12-2-3-15-13-16(6-9-18(15)22)19(23)21-11-10-14-4-7-17(20)8-5-14/h4-9,13H,2-3,10-12,20H2,1H3,(H,21,23). The van der Waals surface area contributed by atoms with Crippen molar-refractivity contribution in [2.45, 2.75) is 19.3 Å². The van der Waals surface area contributed by atoms with Crippen molar-refractivity contribution in [3.8, 4) is 0 Å². The third-order valence-corrected chi connectivity index (χ3v) is 5.68. The average molecular weight is 373 g/mol. The van der Waals surface area contributed by atoms with Gasteiger partial charge in [-0.3, -0.25) is 9.10 Å². The molecule has 0 aliphatic carbocycles. The van der Waals surface area contributed by atoms with Crippen LogP contribution in [0.4, 0.5) is 11.4 Å². The second kappa shape index (κ2) is 7.37. The summed E-state index contributed by atoms with van der Waals surface area (Å²) in [7, 11) is -3.30. The third-order valence-electron chi connectivity index (χ3n) is 4.50. The highest BCUT2D eigenvalue weighted by Gasteiger charge is 2.24. The van der Waals surface area contributed by atoms with Crippen molar-refractivity contribution in [1.29, 1.82) is 0 Å². The molecule has 2 aromatic rings. The minimum Gasteiger partial charge on any atom is -0.399 e. The van der Waals surface area contributed by atoms with E-state index in [1.807, 2.05) is 24.3 Å². The van der Waals surface area contributed by atoms with Crippen LogP contribution in [0.25, 0.3) is 0 Å². The zero-order valence-electron chi connectivity index (χ0n) is 14.7. The van der Waals surface area contributed by atoms with Crippen LogP contribution in [0, 0.1) is 0 Å². The zero-order chi connectivity index (χ0) is 18.7. The van der Waals surface area contributed by atoms with Crippen LogP contribution in [0.15, 0.2) is 42.5 Å². The number of carbonyl (C=O) groups excluding carboxylic acids is 1. The fourth-order valence-corrected chi connectivity index (χ4v) is 4.15. The monoisotopic (exact) mass is 373 g/mol. The lowest BCUT2D eigenvalue weighted by Crippen LogP contribution is -2.34. The maximum absolute atomic E-state index is 12.4. The van der Waals surface area contributed by atoms with Crippen LogP contribution in [0.2, 0.25) is 0 Å². The first-order valence-corrected chi connectivity index (χ1v) is 10.4. The Labute approximate surface area is 154 Å². The highest BCUT2D eigenvalue weighted by Crippen LogP contribution is 2.29. The van der Waals surface area contributed by atoms with E-state index in [4.69, 9.17) is 5.73 Å². The summed E-state index contributed by atoms with van der Waals surface area (Å²) in [6.07, 6.45) is 3.45. The number of anilines is 2. The molecule has 0 fully saturated rings. The average Bonchev–Trinajstić information content (AvgIpc) is 2.61. The van der Waals surface area contributed by atoms with Gasteiger partial charge in [0.2, 0.25) is 10.0 Å². The van der Waals surface area contributed by atoms with Crippen molar-refractivity contribution in [2.75, 3.05) is 29.4 Å². The number of nitrogens with zero attached hydrogens (tertiary/aromatic N) is 1. The zero-order valence-corrected chi connectivity index (χ0v) is 15.6. The lowest BCUT2D eigenvalue weighted by atomic mass is 10.0. The van der Waals surface area contributed by atoms with E-state index in [0.717, 1.165) is 36.1 Å². The van der Waals surface area contributed by atoms with Crippen LogP contribution < -0.4 is 15.4 Å². The molecule has 0 radical (unpaired) electrons. The maximum Gasteiger partial charge on any atom is 0.251 e. The Morgan fingerprint density at radius 1 is 1.19 bits per heavy atom. The van der Waals surface area contributed by atoms with Crippen LogP contribution in [-0.2, 0) is 22.9 Å². The van der Waals surface area contributed by atoms with Crippen LogP contribution in [0.5, 0.6) is 0 Å². The van der Waals surface area contributed by atoms with Crippen molar-refractivity contribution < 1.29 is 13.2 Å². The Hall–Kier alpha value is -2.54. The van der Waals surface area contributed by atoms with Crippen LogP contribution in [0.1, 0.15) is 27.9 Å². The molecule has 0 unspecified atom stereocenters. The lowest BCUT2D eigenvalue weighted by molar-refractivity contribution is 0.0954. The predicted molar refractivity (Wildman–Crippen MR) is 104 cm³/mol. The molecule has 1 aliphatic rings. The van der Waals surface area contributed by atoms with Gasteiger partial charge in [0.05, 0.1) is 11.9 Å². The van der Waals surface area contributed by atoms with Crippen molar-refractivity contribution in [2.24, 2.45) is 0 Å². The number of carbonyl (C=O) groups is 1. The number of nitrogen functional groups attached to an aromatic ring is 1. The van der Waals surface area contributed by atoms with E-state index < -0.39 is 10.0 Å². The molecule has 6 nitrogen and oxygen atoms in total.